The first-order chi connectivity index (χ1) is 8.97. The van der Waals surface area contributed by atoms with Crippen LogP contribution in [0.2, 0.25) is 5.02 Å². The van der Waals surface area contributed by atoms with Crippen LogP contribution in [0.15, 0.2) is 45.3 Å². The van der Waals surface area contributed by atoms with Crippen molar-refractivity contribution in [2.24, 2.45) is 0 Å². The molecule has 0 aliphatic rings. The summed E-state index contributed by atoms with van der Waals surface area (Å²) in [6.45, 7) is 0. The van der Waals surface area contributed by atoms with Crippen LogP contribution < -0.4 is 5.32 Å². The SMILES string of the molecule is O=C(Nc1ccc(Br)cc1Cl)c1cc(F)ccc1Br. The monoisotopic (exact) mass is 405 g/mol. The van der Waals surface area contributed by atoms with E-state index in [1.165, 1.54) is 12.1 Å². The zero-order valence-electron chi connectivity index (χ0n) is 9.38. The Bertz CT molecular complexity index is 649. The van der Waals surface area contributed by atoms with Gasteiger partial charge in [-0.1, -0.05) is 27.5 Å². The van der Waals surface area contributed by atoms with E-state index in [9.17, 15) is 9.18 Å². The fourth-order valence-electron chi connectivity index (χ4n) is 1.45. The van der Waals surface area contributed by atoms with E-state index < -0.39 is 11.7 Å². The first-order valence-electron chi connectivity index (χ1n) is 5.19. The lowest BCUT2D eigenvalue weighted by molar-refractivity contribution is 0.102. The summed E-state index contributed by atoms with van der Waals surface area (Å²) in [4.78, 5) is 12.0. The number of rotatable bonds is 2. The Balaban J connectivity index is 2.28. The van der Waals surface area contributed by atoms with Gasteiger partial charge in [0.05, 0.1) is 16.3 Å². The Hall–Kier alpha value is -0.910. The summed E-state index contributed by atoms with van der Waals surface area (Å²) in [5, 5.41) is 3.03. The lowest BCUT2D eigenvalue weighted by Gasteiger charge is -2.09. The maximum atomic E-state index is 13.1. The smallest absolute Gasteiger partial charge is 0.256 e. The summed E-state index contributed by atoms with van der Waals surface area (Å²) in [7, 11) is 0. The predicted molar refractivity (Wildman–Crippen MR) is 81.2 cm³/mol. The molecule has 2 aromatic carbocycles. The van der Waals surface area contributed by atoms with E-state index in [2.05, 4.69) is 37.2 Å². The minimum atomic E-state index is -0.477. The standard InChI is InChI=1S/C13H7Br2ClFNO/c14-7-1-4-12(11(16)5-7)18-13(19)9-6-8(17)2-3-10(9)15/h1-6H,(H,18,19). The number of nitrogens with one attached hydrogen (secondary N) is 1. The van der Waals surface area contributed by atoms with E-state index in [4.69, 9.17) is 11.6 Å². The normalized spacial score (nSPS) is 10.3. The third kappa shape index (κ3) is 3.55. The molecule has 0 radical (unpaired) electrons. The number of hydrogen-bond acceptors (Lipinski definition) is 1. The lowest BCUT2D eigenvalue weighted by Crippen LogP contribution is -2.13. The molecule has 0 spiro atoms. The molecule has 0 heterocycles. The summed E-state index contributed by atoms with van der Waals surface area (Å²) in [5.74, 6) is -0.911. The van der Waals surface area contributed by atoms with Crippen LogP contribution in [-0.2, 0) is 0 Å². The first-order valence-corrected chi connectivity index (χ1v) is 7.15. The first kappa shape index (κ1) is 14.5. The number of carbonyl (C=O) groups is 1. The van der Waals surface area contributed by atoms with Gasteiger partial charge in [0.2, 0.25) is 0 Å². The number of amides is 1. The fourth-order valence-corrected chi connectivity index (χ4v) is 2.60. The Labute approximate surface area is 131 Å². The highest BCUT2D eigenvalue weighted by atomic mass is 79.9. The van der Waals surface area contributed by atoms with Gasteiger partial charge in [-0.3, -0.25) is 4.79 Å². The van der Waals surface area contributed by atoms with Crippen molar-refractivity contribution in [1.29, 1.82) is 0 Å². The van der Waals surface area contributed by atoms with Crippen molar-refractivity contribution in [3.05, 3.63) is 61.7 Å². The van der Waals surface area contributed by atoms with Crippen LogP contribution in [0.25, 0.3) is 0 Å². The van der Waals surface area contributed by atoms with Gasteiger partial charge >= 0.3 is 0 Å². The molecule has 0 atom stereocenters. The van der Waals surface area contributed by atoms with E-state index in [1.54, 1.807) is 18.2 Å². The van der Waals surface area contributed by atoms with Crippen LogP contribution >= 0.6 is 43.5 Å². The van der Waals surface area contributed by atoms with Crippen molar-refractivity contribution in [2.45, 2.75) is 0 Å². The van der Waals surface area contributed by atoms with Crippen molar-refractivity contribution in [1.82, 2.24) is 0 Å². The van der Waals surface area contributed by atoms with Crippen LogP contribution in [0, 0.1) is 5.82 Å². The van der Waals surface area contributed by atoms with Gasteiger partial charge in [-0.25, -0.2) is 4.39 Å². The van der Waals surface area contributed by atoms with Crippen LogP contribution in [0.1, 0.15) is 10.4 Å². The van der Waals surface area contributed by atoms with Crippen LogP contribution in [0.4, 0.5) is 10.1 Å². The maximum absolute atomic E-state index is 13.1. The molecule has 0 aliphatic carbocycles. The van der Waals surface area contributed by atoms with Gasteiger partial charge in [0.1, 0.15) is 5.82 Å². The zero-order valence-corrected chi connectivity index (χ0v) is 13.3. The minimum Gasteiger partial charge on any atom is -0.321 e. The molecular weight excluding hydrogens is 400 g/mol. The molecule has 0 aliphatic heterocycles. The summed E-state index contributed by atoms with van der Waals surface area (Å²) in [5.41, 5.74) is 0.671. The maximum Gasteiger partial charge on any atom is 0.256 e. The molecule has 2 aromatic rings. The Morgan fingerprint density at radius 1 is 1.16 bits per heavy atom. The summed E-state index contributed by atoms with van der Waals surface area (Å²) in [6, 6.07) is 8.99. The highest BCUT2D eigenvalue weighted by Gasteiger charge is 2.13. The largest absolute Gasteiger partial charge is 0.321 e. The number of anilines is 1. The third-order valence-corrected chi connectivity index (χ3v) is 3.85. The average Bonchev–Trinajstić information content (AvgIpc) is 2.35. The highest BCUT2D eigenvalue weighted by Crippen LogP contribution is 2.27. The van der Waals surface area contributed by atoms with Gasteiger partial charge in [0.15, 0.2) is 0 Å². The van der Waals surface area contributed by atoms with E-state index in [0.29, 0.717) is 15.2 Å². The van der Waals surface area contributed by atoms with Gasteiger partial charge in [0.25, 0.3) is 5.91 Å². The second-order valence-corrected chi connectivity index (χ2v) is 5.88. The molecule has 2 nitrogen and oxygen atoms in total. The van der Waals surface area contributed by atoms with Gasteiger partial charge in [-0.05, 0) is 52.3 Å². The molecule has 6 heteroatoms. The number of hydrogen-bond donors (Lipinski definition) is 1. The summed E-state index contributed by atoms with van der Waals surface area (Å²) >= 11 is 12.5. The Morgan fingerprint density at radius 2 is 1.89 bits per heavy atom. The van der Waals surface area contributed by atoms with Crippen molar-refractivity contribution in [3.8, 4) is 0 Å². The van der Waals surface area contributed by atoms with E-state index in [0.717, 1.165) is 10.5 Å². The van der Waals surface area contributed by atoms with Crippen molar-refractivity contribution in [3.63, 3.8) is 0 Å². The van der Waals surface area contributed by atoms with E-state index in [-0.39, 0.29) is 5.56 Å². The molecule has 1 amide bonds. The van der Waals surface area contributed by atoms with Gasteiger partial charge in [-0.2, -0.15) is 0 Å². The second-order valence-electron chi connectivity index (χ2n) is 3.70. The van der Waals surface area contributed by atoms with Crippen LogP contribution in [0.5, 0.6) is 0 Å². The van der Waals surface area contributed by atoms with E-state index >= 15 is 0 Å². The fraction of sp³-hybridized carbons (Fsp3) is 0. The highest BCUT2D eigenvalue weighted by molar-refractivity contribution is 9.10. The van der Waals surface area contributed by atoms with Crippen LogP contribution in [0.3, 0.4) is 0 Å². The molecule has 0 saturated heterocycles. The predicted octanol–water partition coefficient (Wildman–Crippen LogP) is 5.26. The third-order valence-electron chi connectivity index (χ3n) is 2.35. The van der Waals surface area contributed by atoms with Gasteiger partial charge in [0, 0.05) is 8.95 Å². The molecular formula is C13H7Br2ClFNO. The Kier molecular flexibility index (Phi) is 4.60. The Morgan fingerprint density at radius 3 is 2.58 bits per heavy atom. The molecule has 1 N–H and O–H groups in total. The van der Waals surface area contributed by atoms with Gasteiger partial charge < -0.3 is 5.32 Å². The zero-order chi connectivity index (χ0) is 14.0. The number of halogens is 4. The van der Waals surface area contributed by atoms with Gasteiger partial charge in [-0.15, -0.1) is 0 Å². The lowest BCUT2D eigenvalue weighted by atomic mass is 10.2. The molecule has 2 rings (SSSR count). The second kappa shape index (κ2) is 6.03. The van der Waals surface area contributed by atoms with Crippen LogP contribution in [-0.4, -0.2) is 5.91 Å². The quantitative estimate of drug-likeness (QED) is 0.723. The summed E-state index contributed by atoms with van der Waals surface area (Å²) in [6.07, 6.45) is 0. The molecule has 19 heavy (non-hydrogen) atoms. The molecule has 0 fully saturated rings. The molecule has 0 saturated carbocycles. The van der Waals surface area contributed by atoms with Crippen molar-refractivity contribution in [2.75, 3.05) is 5.32 Å². The molecule has 0 aromatic heterocycles. The molecule has 0 bridgehead atoms. The minimum absolute atomic E-state index is 0.207. The molecule has 0 unspecified atom stereocenters. The topological polar surface area (TPSA) is 29.1 Å². The van der Waals surface area contributed by atoms with E-state index in [1.807, 2.05) is 0 Å². The molecule has 98 valence electrons. The number of benzene rings is 2. The summed E-state index contributed by atoms with van der Waals surface area (Å²) < 4.78 is 14.5. The van der Waals surface area contributed by atoms with Crippen molar-refractivity contribution >= 4 is 55.1 Å². The van der Waals surface area contributed by atoms with Crippen molar-refractivity contribution < 1.29 is 9.18 Å². The number of carbonyl (C=O) groups excluding carboxylic acids is 1. The average molecular weight is 407 g/mol.